The number of hydrogen-bond acceptors (Lipinski definition) is 4. The highest BCUT2D eigenvalue weighted by Crippen LogP contribution is 2.34. The maximum Gasteiger partial charge on any atom is 0.393 e. The van der Waals surface area contributed by atoms with Gasteiger partial charge in [-0.25, -0.2) is 0 Å². The molecule has 1 aliphatic rings. The van der Waals surface area contributed by atoms with Gasteiger partial charge in [-0.1, -0.05) is 12.1 Å². The lowest BCUT2D eigenvalue weighted by Crippen LogP contribution is -2.33. The van der Waals surface area contributed by atoms with E-state index in [4.69, 9.17) is 5.26 Å². The Labute approximate surface area is 143 Å². The van der Waals surface area contributed by atoms with Crippen molar-refractivity contribution in [3.63, 3.8) is 0 Å². The fourth-order valence-electron chi connectivity index (χ4n) is 2.99. The second-order valence-electron chi connectivity index (χ2n) is 6.26. The Balaban J connectivity index is 1.66. The number of halogens is 3. The summed E-state index contributed by atoms with van der Waals surface area (Å²) < 4.78 is 40.5. The summed E-state index contributed by atoms with van der Waals surface area (Å²) in [6.07, 6.45) is -3.83. The minimum atomic E-state index is -4.19. The van der Waals surface area contributed by atoms with Crippen LogP contribution >= 0.6 is 0 Å². The zero-order chi connectivity index (χ0) is 18.0. The normalized spacial score (nSPS) is 18.4. The molecule has 25 heavy (non-hydrogen) atoms. The molecule has 2 aromatic rings. The van der Waals surface area contributed by atoms with Gasteiger partial charge in [0.15, 0.2) is 0 Å². The SMILES string of the molecule is C[C@H](NCc1nnc2n1C[C@H](C(F)(F)F)CC2)c1ccc(C#N)cc1. The van der Waals surface area contributed by atoms with Crippen LogP contribution in [0.25, 0.3) is 0 Å². The average molecular weight is 349 g/mol. The quantitative estimate of drug-likeness (QED) is 0.921. The van der Waals surface area contributed by atoms with E-state index in [2.05, 4.69) is 21.6 Å². The van der Waals surface area contributed by atoms with Gasteiger partial charge in [0.05, 0.1) is 24.1 Å². The van der Waals surface area contributed by atoms with Crippen LogP contribution < -0.4 is 5.32 Å². The molecule has 2 atom stereocenters. The number of nitriles is 1. The van der Waals surface area contributed by atoms with Gasteiger partial charge in [-0.15, -0.1) is 10.2 Å². The van der Waals surface area contributed by atoms with Crippen molar-refractivity contribution in [2.75, 3.05) is 0 Å². The molecule has 2 heterocycles. The molecule has 0 amide bonds. The predicted octanol–water partition coefficient (Wildman–Crippen LogP) is 3.13. The van der Waals surface area contributed by atoms with Crippen molar-refractivity contribution in [3.8, 4) is 6.07 Å². The van der Waals surface area contributed by atoms with Crippen LogP contribution in [-0.2, 0) is 19.5 Å². The summed E-state index contributed by atoms with van der Waals surface area (Å²) in [5.41, 5.74) is 1.58. The molecule has 0 radical (unpaired) electrons. The summed E-state index contributed by atoms with van der Waals surface area (Å²) in [7, 11) is 0. The first-order valence-corrected chi connectivity index (χ1v) is 8.09. The van der Waals surface area contributed by atoms with Crippen LogP contribution in [0.4, 0.5) is 13.2 Å². The Kier molecular flexibility index (Phi) is 4.77. The van der Waals surface area contributed by atoms with E-state index in [-0.39, 0.29) is 19.0 Å². The van der Waals surface area contributed by atoms with Gasteiger partial charge in [0.2, 0.25) is 0 Å². The number of hydrogen-bond donors (Lipinski definition) is 1. The van der Waals surface area contributed by atoms with Crippen molar-refractivity contribution in [2.45, 2.75) is 45.1 Å². The summed E-state index contributed by atoms with van der Waals surface area (Å²) in [6, 6.07) is 9.22. The molecule has 1 aromatic heterocycles. The molecular weight excluding hydrogens is 331 g/mol. The van der Waals surface area contributed by atoms with Crippen LogP contribution in [0.1, 0.15) is 42.2 Å². The molecule has 0 bridgehead atoms. The van der Waals surface area contributed by atoms with Crippen LogP contribution in [0, 0.1) is 17.2 Å². The van der Waals surface area contributed by atoms with Crippen molar-refractivity contribution < 1.29 is 13.2 Å². The standard InChI is InChI=1S/C17H18F3N5/c1-11(13-4-2-12(8-21)3-5-13)22-9-16-24-23-15-7-6-14(10-25(15)16)17(18,19)20/h2-5,11,14,22H,6-7,9-10H2,1H3/t11-,14+/m0/s1. The van der Waals surface area contributed by atoms with Gasteiger partial charge < -0.3 is 9.88 Å². The highest BCUT2D eigenvalue weighted by molar-refractivity contribution is 5.32. The first-order valence-electron chi connectivity index (χ1n) is 8.09. The third kappa shape index (κ3) is 3.82. The van der Waals surface area contributed by atoms with E-state index in [0.717, 1.165) is 5.56 Å². The van der Waals surface area contributed by atoms with Crippen molar-refractivity contribution >= 4 is 0 Å². The van der Waals surface area contributed by atoms with E-state index >= 15 is 0 Å². The summed E-state index contributed by atoms with van der Waals surface area (Å²) in [5.74, 6) is -0.210. The number of aromatic nitrogens is 3. The molecule has 1 N–H and O–H groups in total. The van der Waals surface area contributed by atoms with Gasteiger partial charge >= 0.3 is 6.18 Å². The van der Waals surface area contributed by atoms with Crippen LogP contribution in [0.3, 0.4) is 0 Å². The first kappa shape index (κ1) is 17.4. The molecule has 8 heteroatoms. The van der Waals surface area contributed by atoms with Crippen LogP contribution in [0.5, 0.6) is 0 Å². The molecule has 1 aromatic carbocycles. The number of nitrogens with zero attached hydrogens (tertiary/aromatic N) is 4. The Hall–Kier alpha value is -2.40. The van der Waals surface area contributed by atoms with E-state index in [1.165, 1.54) is 0 Å². The predicted molar refractivity (Wildman–Crippen MR) is 84.3 cm³/mol. The summed E-state index contributed by atoms with van der Waals surface area (Å²) in [4.78, 5) is 0. The van der Waals surface area contributed by atoms with E-state index in [0.29, 0.717) is 30.2 Å². The van der Waals surface area contributed by atoms with E-state index < -0.39 is 12.1 Å². The van der Waals surface area contributed by atoms with Crippen molar-refractivity contribution in [2.24, 2.45) is 5.92 Å². The average Bonchev–Trinajstić information content (AvgIpc) is 3.01. The highest BCUT2D eigenvalue weighted by atomic mass is 19.4. The van der Waals surface area contributed by atoms with Crippen molar-refractivity contribution in [1.82, 2.24) is 20.1 Å². The fourth-order valence-corrected chi connectivity index (χ4v) is 2.99. The van der Waals surface area contributed by atoms with Gasteiger partial charge in [0.25, 0.3) is 0 Å². The molecule has 132 valence electrons. The van der Waals surface area contributed by atoms with Gasteiger partial charge in [-0.3, -0.25) is 0 Å². The molecule has 3 rings (SSSR count). The topological polar surface area (TPSA) is 66.5 Å². The van der Waals surface area contributed by atoms with E-state index in [1.807, 2.05) is 19.1 Å². The Morgan fingerprint density at radius 2 is 2.04 bits per heavy atom. The smallest absolute Gasteiger partial charge is 0.313 e. The molecule has 0 spiro atoms. The number of alkyl halides is 3. The number of rotatable bonds is 4. The second-order valence-corrected chi connectivity index (χ2v) is 6.26. The number of benzene rings is 1. The minimum Gasteiger partial charge on any atom is -0.313 e. The zero-order valence-electron chi connectivity index (χ0n) is 13.7. The number of fused-ring (bicyclic) bond motifs is 1. The molecule has 5 nitrogen and oxygen atoms in total. The van der Waals surface area contributed by atoms with Crippen LogP contribution in [-0.4, -0.2) is 20.9 Å². The molecule has 0 unspecified atom stereocenters. The van der Waals surface area contributed by atoms with Crippen LogP contribution in [0.15, 0.2) is 24.3 Å². The fraction of sp³-hybridized carbons (Fsp3) is 0.471. The maximum atomic E-state index is 13.0. The molecule has 0 fully saturated rings. The lowest BCUT2D eigenvalue weighted by molar-refractivity contribution is -0.182. The monoisotopic (exact) mass is 349 g/mol. The Bertz CT molecular complexity index is 773. The molecule has 0 aliphatic carbocycles. The molecule has 0 saturated heterocycles. The lowest BCUT2D eigenvalue weighted by Gasteiger charge is -2.26. The Morgan fingerprint density at radius 3 is 2.68 bits per heavy atom. The Morgan fingerprint density at radius 1 is 1.32 bits per heavy atom. The molecular formula is C17H18F3N5. The third-order valence-corrected chi connectivity index (χ3v) is 4.59. The number of nitrogens with one attached hydrogen (secondary N) is 1. The highest BCUT2D eigenvalue weighted by Gasteiger charge is 2.42. The summed E-state index contributed by atoms with van der Waals surface area (Å²) >= 11 is 0. The van der Waals surface area contributed by atoms with Gasteiger partial charge in [0, 0.05) is 19.0 Å². The van der Waals surface area contributed by atoms with Crippen molar-refractivity contribution in [1.29, 1.82) is 5.26 Å². The molecule has 1 aliphatic heterocycles. The van der Waals surface area contributed by atoms with Crippen molar-refractivity contribution in [3.05, 3.63) is 47.0 Å². The third-order valence-electron chi connectivity index (χ3n) is 4.59. The molecule has 0 saturated carbocycles. The summed E-state index contributed by atoms with van der Waals surface area (Å²) in [5, 5.41) is 20.1. The lowest BCUT2D eigenvalue weighted by atomic mass is 9.99. The minimum absolute atomic E-state index is 0.0253. The van der Waals surface area contributed by atoms with E-state index in [1.54, 1.807) is 16.7 Å². The number of aryl methyl sites for hydroxylation is 1. The van der Waals surface area contributed by atoms with Crippen LogP contribution in [0.2, 0.25) is 0 Å². The maximum absolute atomic E-state index is 13.0. The largest absolute Gasteiger partial charge is 0.393 e. The first-order chi connectivity index (χ1) is 11.9. The van der Waals surface area contributed by atoms with Gasteiger partial charge in [-0.2, -0.15) is 18.4 Å². The van der Waals surface area contributed by atoms with E-state index in [9.17, 15) is 13.2 Å². The van der Waals surface area contributed by atoms with Gasteiger partial charge in [-0.05, 0) is 31.0 Å². The van der Waals surface area contributed by atoms with Gasteiger partial charge in [0.1, 0.15) is 11.6 Å². The second kappa shape index (κ2) is 6.84. The zero-order valence-corrected chi connectivity index (χ0v) is 13.7. The summed E-state index contributed by atoms with van der Waals surface area (Å²) in [6.45, 7) is 2.17.